The third kappa shape index (κ3) is 3.70. The summed E-state index contributed by atoms with van der Waals surface area (Å²) in [6.45, 7) is -0.188. The van der Waals surface area contributed by atoms with Crippen molar-refractivity contribution >= 4 is 33.1 Å². The molecule has 1 heterocycles. The average molecular weight is 385 g/mol. The lowest BCUT2D eigenvalue weighted by Crippen LogP contribution is -2.20. The van der Waals surface area contributed by atoms with Gasteiger partial charge in [0.1, 0.15) is 16.8 Å². The summed E-state index contributed by atoms with van der Waals surface area (Å²) in [5, 5.41) is 12.8. The van der Waals surface area contributed by atoms with Gasteiger partial charge in [-0.15, -0.1) is 11.3 Å². The molecule has 0 unspecified atom stereocenters. The molecule has 0 fully saturated rings. The molecule has 0 spiro atoms. The van der Waals surface area contributed by atoms with E-state index in [9.17, 15) is 4.79 Å². The van der Waals surface area contributed by atoms with Gasteiger partial charge in [-0.1, -0.05) is 36.4 Å². The number of anilines is 1. The molecule has 0 aliphatic heterocycles. The molecule has 1 amide bonds. The lowest BCUT2D eigenvalue weighted by Gasteiger charge is -2.11. The Bertz CT molecular complexity index is 1160. The van der Waals surface area contributed by atoms with Crippen molar-refractivity contribution in [2.75, 3.05) is 11.9 Å². The van der Waals surface area contributed by atoms with Crippen LogP contribution < -0.4 is 10.1 Å². The fourth-order valence-corrected chi connectivity index (χ4v) is 3.79. The van der Waals surface area contributed by atoms with Crippen LogP contribution in [0.2, 0.25) is 0 Å². The van der Waals surface area contributed by atoms with E-state index in [0.717, 1.165) is 20.8 Å². The summed E-state index contributed by atoms with van der Waals surface area (Å²) < 4.78 is 6.60. The van der Waals surface area contributed by atoms with E-state index in [1.807, 2.05) is 54.6 Å². The molecule has 136 valence electrons. The largest absolute Gasteiger partial charge is 0.482 e. The number of aromatic nitrogens is 1. The molecular weight excluding hydrogens is 370 g/mol. The molecule has 6 heteroatoms. The summed E-state index contributed by atoms with van der Waals surface area (Å²) in [5.41, 5.74) is 2.85. The summed E-state index contributed by atoms with van der Waals surface area (Å²) in [4.78, 5) is 17.1. The van der Waals surface area contributed by atoms with Gasteiger partial charge in [0.2, 0.25) is 0 Å². The fraction of sp³-hybridized carbons (Fsp3) is 0.0455. The van der Waals surface area contributed by atoms with Crippen LogP contribution in [-0.4, -0.2) is 17.5 Å². The maximum atomic E-state index is 12.4. The summed E-state index contributed by atoms with van der Waals surface area (Å²) in [5.74, 6) is 0.0842. The second-order valence-corrected chi connectivity index (χ2v) is 7.01. The van der Waals surface area contributed by atoms with Crippen LogP contribution in [0.15, 0.2) is 72.8 Å². The molecule has 1 aromatic heterocycles. The molecule has 4 aromatic rings. The standard InChI is InChI=1S/C22H15N3O2S/c23-13-15-7-1-5-11-19(15)27-14-21(26)24-17-9-3-2-8-16(17)22-25-18-10-4-6-12-20(18)28-22/h1-12H,14H2,(H,24,26). The highest BCUT2D eigenvalue weighted by atomic mass is 32.1. The van der Waals surface area contributed by atoms with E-state index < -0.39 is 0 Å². The fourth-order valence-electron chi connectivity index (χ4n) is 2.78. The lowest BCUT2D eigenvalue weighted by atomic mass is 10.2. The van der Waals surface area contributed by atoms with Gasteiger partial charge in [0.05, 0.1) is 21.5 Å². The molecular formula is C22H15N3O2S. The number of thiazole rings is 1. The minimum Gasteiger partial charge on any atom is -0.482 e. The third-order valence-corrected chi connectivity index (χ3v) is 5.16. The van der Waals surface area contributed by atoms with Crippen molar-refractivity contribution in [3.63, 3.8) is 0 Å². The molecule has 0 aliphatic carbocycles. The highest BCUT2D eigenvalue weighted by molar-refractivity contribution is 7.21. The van der Waals surface area contributed by atoms with Gasteiger partial charge in [-0.3, -0.25) is 4.79 Å². The number of hydrogen-bond acceptors (Lipinski definition) is 5. The van der Waals surface area contributed by atoms with Crippen molar-refractivity contribution in [2.45, 2.75) is 0 Å². The van der Waals surface area contributed by atoms with Crippen molar-refractivity contribution < 1.29 is 9.53 Å². The van der Waals surface area contributed by atoms with Gasteiger partial charge in [-0.2, -0.15) is 5.26 Å². The quantitative estimate of drug-likeness (QED) is 0.533. The average Bonchev–Trinajstić information content (AvgIpc) is 3.17. The number of benzene rings is 3. The number of nitrogens with zero attached hydrogens (tertiary/aromatic N) is 2. The number of para-hydroxylation sites is 3. The highest BCUT2D eigenvalue weighted by Crippen LogP contribution is 2.34. The zero-order valence-electron chi connectivity index (χ0n) is 14.8. The smallest absolute Gasteiger partial charge is 0.262 e. The summed E-state index contributed by atoms with van der Waals surface area (Å²) in [6, 6.07) is 24.3. The van der Waals surface area contributed by atoms with Crippen LogP contribution in [0.1, 0.15) is 5.56 Å². The molecule has 1 N–H and O–H groups in total. The normalized spacial score (nSPS) is 10.4. The van der Waals surface area contributed by atoms with Crippen molar-refractivity contribution in [3.05, 3.63) is 78.4 Å². The Morgan fingerprint density at radius 3 is 2.64 bits per heavy atom. The molecule has 0 radical (unpaired) electrons. The van der Waals surface area contributed by atoms with Gasteiger partial charge in [-0.05, 0) is 36.4 Å². The zero-order valence-corrected chi connectivity index (χ0v) is 15.6. The van der Waals surface area contributed by atoms with E-state index in [0.29, 0.717) is 17.0 Å². The third-order valence-electron chi connectivity index (χ3n) is 4.09. The van der Waals surface area contributed by atoms with E-state index >= 15 is 0 Å². The van der Waals surface area contributed by atoms with Crippen molar-refractivity contribution in [3.8, 4) is 22.4 Å². The molecule has 0 saturated carbocycles. The molecule has 4 rings (SSSR count). The Morgan fingerprint density at radius 2 is 1.79 bits per heavy atom. The number of nitriles is 1. The van der Waals surface area contributed by atoms with Crippen LogP contribution in [0.3, 0.4) is 0 Å². The topological polar surface area (TPSA) is 75.0 Å². The number of fused-ring (bicyclic) bond motifs is 1. The molecule has 5 nitrogen and oxygen atoms in total. The molecule has 0 atom stereocenters. The van der Waals surface area contributed by atoms with Crippen LogP contribution in [0.4, 0.5) is 5.69 Å². The molecule has 0 bridgehead atoms. The maximum Gasteiger partial charge on any atom is 0.262 e. The maximum absolute atomic E-state index is 12.4. The summed E-state index contributed by atoms with van der Waals surface area (Å²) >= 11 is 1.58. The second-order valence-electron chi connectivity index (χ2n) is 5.98. The van der Waals surface area contributed by atoms with Crippen LogP contribution in [-0.2, 0) is 4.79 Å². The zero-order chi connectivity index (χ0) is 19.3. The van der Waals surface area contributed by atoms with Gasteiger partial charge < -0.3 is 10.1 Å². The predicted molar refractivity (Wildman–Crippen MR) is 110 cm³/mol. The van der Waals surface area contributed by atoms with Crippen LogP contribution >= 0.6 is 11.3 Å². The number of carbonyl (C=O) groups is 1. The van der Waals surface area contributed by atoms with E-state index in [2.05, 4.69) is 10.3 Å². The van der Waals surface area contributed by atoms with E-state index in [1.165, 1.54) is 0 Å². The Kier molecular flexibility index (Phi) is 5.00. The van der Waals surface area contributed by atoms with Crippen molar-refractivity contribution in [1.82, 2.24) is 4.98 Å². The van der Waals surface area contributed by atoms with E-state index in [4.69, 9.17) is 10.00 Å². The number of hydrogen-bond donors (Lipinski definition) is 1. The Labute approximate surface area is 165 Å². The molecule has 28 heavy (non-hydrogen) atoms. The first-order valence-electron chi connectivity index (χ1n) is 8.61. The van der Waals surface area contributed by atoms with Gasteiger partial charge in [0.25, 0.3) is 5.91 Å². The molecule has 3 aromatic carbocycles. The Morgan fingerprint density at radius 1 is 1.04 bits per heavy atom. The SMILES string of the molecule is N#Cc1ccccc1OCC(=O)Nc1ccccc1-c1nc2ccccc2s1. The monoisotopic (exact) mass is 385 g/mol. The molecule has 0 aliphatic rings. The van der Waals surface area contributed by atoms with Crippen LogP contribution in [0, 0.1) is 11.3 Å². The van der Waals surface area contributed by atoms with Crippen LogP contribution in [0.25, 0.3) is 20.8 Å². The first kappa shape index (κ1) is 17.7. The van der Waals surface area contributed by atoms with Gasteiger partial charge >= 0.3 is 0 Å². The minimum atomic E-state index is -0.304. The summed E-state index contributed by atoms with van der Waals surface area (Å²) in [7, 11) is 0. The number of amides is 1. The minimum absolute atomic E-state index is 0.188. The van der Waals surface area contributed by atoms with Crippen molar-refractivity contribution in [2.24, 2.45) is 0 Å². The molecule has 0 saturated heterocycles. The van der Waals surface area contributed by atoms with Crippen LogP contribution in [0.5, 0.6) is 5.75 Å². The number of rotatable bonds is 5. The first-order valence-corrected chi connectivity index (χ1v) is 9.43. The van der Waals surface area contributed by atoms with E-state index in [1.54, 1.807) is 35.6 Å². The number of ether oxygens (including phenoxy) is 1. The lowest BCUT2D eigenvalue weighted by molar-refractivity contribution is -0.118. The second kappa shape index (κ2) is 7.91. The Hall–Kier alpha value is -3.69. The van der Waals surface area contributed by atoms with Gasteiger partial charge in [0.15, 0.2) is 6.61 Å². The highest BCUT2D eigenvalue weighted by Gasteiger charge is 2.13. The van der Waals surface area contributed by atoms with Crippen molar-refractivity contribution in [1.29, 1.82) is 5.26 Å². The van der Waals surface area contributed by atoms with Gasteiger partial charge in [-0.25, -0.2) is 4.98 Å². The summed E-state index contributed by atoms with van der Waals surface area (Å²) in [6.07, 6.45) is 0. The first-order chi connectivity index (χ1) is 13.7. The van der Waals surface area contributed by atoms with Gasteiger partial charge in [0, 0.05) is 5.56 Å². The Balaban J connectivity index is 1.52. The number of nitrogens with one attached hydrogen (secondary N) is 1. The number of carbonyl (C=O) groups excluding carboxylic acids is 1. The van der Waals surface area contributed by atoms with E-state index in [-0.39, 0.29) is 12.5 Å². The predicted octanol–water partition coefficient (Wildman–Crippen LogP) is 4.85.